The average Bonchev–Trinajstić information content (AvgIpc) is 2.74. The summed E-state index contributed by atoms with van der Waals surface area (Å²) in [6.07, 6.45) is 2.57. The van der Waals surface area contributed by atoms with Gasteiger partial charge in [0.15, 0.2) is 0 Å². The van der Waals surface area contributed by atoms with Crippen LogP contribution in [0.5, 0.6) is 0 Å². The molecule has 0 aromatic heterocycles. The van der Waals surface area contributed by atoms with Gasteiger partial charge in [0.1, 0.15) is 0 Å². The van der Waals surface area contributed by atoms with E-state index >= 15 is 0 Å². The Morgan fingerprint density at radius 3 is 2.65 bits per heavy atom. The van der Waals surface area contributed by atoms with Crippen LogP contribution >= 0.6 is 0 Å². The summed E-state index contributed by atoms with van der Waals surface area (Å²) in [5.41, 5.74) is 2.61. The number of benzene rings is 1. The second-order valence-electron chi connectivity index (χ2n) is 5.95. The van der Waals surface area contributed by atoms with Crippen LogP contribution in [-0.4, -0.2) is 36.9 Å². The lowest BCUT2D eigenvalue weighted by Gasteiger charge is -2.30. The van der Waals surface area contributed by atoms with Crippen molar-refractivity contribution in [3.05, 3.63) is 29.3 Å². The maximum atomic E-state index is 12.5. The molecule has 2 heterocycles. The Morgan fingerprint density at radius 2 is 1.95 bits per heavy atom. The topological polar surface area (TPSA) is 40.6 Å². The number of nitrogens with zero attached hydrogens (tertiary/aromatic N) is 2. The first-order valence-corrected chi connectivity index (χ1v) is 7.25. The van der Waals surface area contributed by atoms with E-state index in [0.717, 1.165) is 37.2 Å². The molecule has 106 valence electrons. The summed E-state index contributed by atoms with van der Waals surface area (Å²) in [7, 11) is 1.78. The first kappa shape index (κ1) is 13.2. The minimum Gasteiger partial charge on any atom is -0.339 e. The van der Waals surface area contributed by atoms with Crippen LogP contribution in [0.4, 0.5) is 5.69 Å². The SMILES string of the molecule is CC1CCN(C(=O)c2ccc3c(c2)CC(=O)N3C)CC1. The summed E-state index contributed by atoms with van der Waals surface area (Å²) >= 11 is 0. The van der Waals surface area contributed by atoms with Crippen LogP contribution in [0.25, 0.3) is 0 Å². The second-order valence-corrected chi connectivity index (χ2v) is 5.95. The van der Waals surface area contributed by atoms with E-state index in [9.17, 15) is 9.59 Å². The molecule has 0 spiro atoms. The Labute approximate surface area is 119 Å². The number of hydrogen-bond donors (Lipinski definition) is 0. The molecule has 1 aromatic carbocycles. The quantitative estimate of drug-likeness (QED) is 0.785. The van der Waals surface area contributed by atoms with Crippen molar-refractivity contribution < 1.29 is 9.59 Å². The zero-order valence-corrected chi connectivity index (χ0v) is 12.1. The van der Waals surface area contributed by atoms with Gasteiger partial charge in [-0.1, -0.05) is 6.92 Å². The average molecular weight is 272 g/mol. The molecule has 0 bridgehead atoms. The van der Waals surface area contributed by atoms with Gasteiger partial charge in [-0.05, 0) is 42.5 Å². The summed E-state index contributed by atoms with van der Waals surface area (Å²) in [4.78, 5) is 27.8. The van der Waals surface area contributed by atoms with E-state index in [4.69, 9.17) is 0 Å². The summed E-state index contributed by atoms with van der Waals surface area (Å²) in [5, 5.41) is 0. The van der Waals surface area contributed by atoms with Crippen LogP contribution in [0.2, 0.25) is 0 Å². The van der Waals surface area contributed by atoms with Gasteiger partial charge in [-0.2, -0.15) is 0 Å². The molecule has 4 nitrogen and oxygen atoms in total. The molecule has 4 heteroatoms. The highest BCUT2D eigenvalue weighted by Gasteiger charge is 2.26. The standard InChI is InChI=1S/C16H20N2O2/c1-11-5-7-18(8-6-11)16(20)12-3-4-14-13(9-12)10-15(19)17(14)2/h3-4,9,11H,5-8,10H2,1-2H3. The van der Waals surface area contributed by atoms with Crippen molar-refractivity contribution >= 4 is 17.5 Å². The number of anilines is 1. The van der Waals surface area contributed by atoms with Crippen molar-refractivity contribution in [1.29, 1.82) is 0 Å². The van der Waals surface area contributed by atoms with Crippen molar-refractivity contribution in [2.45, 2.75) is 26.2 Å². The number of fused-ring (bicyclic) bond motifs is 1. The van der Waals surface area contributed by atoms with E-state index in [2.05, 4.69) is 6.92 Å². The van der Waals surface area contributed by atoms with Gasteiger partial charge in [0.2, 0.25) is 5.91 Å². The van der Waals surface area contributed by atoms with E-state index in [0.29, 0.717) is 17.9 Å². The Balaban J connectivity index is 1.80. The molecule has 0 atom stereocenters. The van der Waals surface area contributed by atoms with E-state index in [-0.39, 0.29) is 11.8 Å². The van der Waals surface area contributed by atoms with Gasteiger partial charge in [0, 0.05) is 31.4 Å². The molecule has 1 aromatic rings. The molecule has 2 aliphatic heterocycles. The van der Waals surface area contributed by atoms with E-state index < -0.39 is 0 Å². The predicted molar refractivity (Wildman–Crippen MR) is 77.9 cm³/mol. The fourth-order valence-electron chi connectivity index (χ4n) is 3.00. The number of carbonyl (C=O) groups excluding carboxylic acids is 2. The number of rotatable bonds is 1. The number of amides is 2. The van der Waals surface area contributed by atoms with Crippen molar-refractivity contribution in [3.63, 3.8) is 0 Å². The van der Waals surface area contributed by atoms with E-state index in [1.807, 2.05) is 23.1 Å². The Bertz CT molecular complexity index is 560. The smallest absolute Gasteiger partial charge is 0.253 e. The minimum atomic E-state index is 0.0939. The third-order valence-corrected chi connectivity index (χ3v) is 4.47. The molecule has 1 fully saturated rings. The van der Waals surface area contributed by atoms with Gasteiger partial charge in [0.05, 0.1) is 6.42 Å². The van der Waals surface area contributed by atoms with Crippen LogP contribution in [0.1, 0.15) is 35.7 Å². The molecule has 20 heavy (non-hydrogen) atoms. The third kappa shape index (κ3) is 2.19. The summed E-state index contributed by atoms with van der Waals surface area (Å²) in [5.74, 6) is 0.906. The van der Waals surface area contributed by atoms with Crippen molar-refractivity contribution in [2.75, 3.05) is 25.0 Å². The molecule has 0 radical (unpaired) electrons. The zero-order chi connectivity index (χ0) is 14.3. The van der Waals surface area contributed by atoms with Crippen LogP contribution in [0.15, 0.2) is 18.2 Å². The molecule has 0 unspecified atom stereocenters. The molecule has 0 N–H and O–H groups in total. The first-order chi connectivity index (χ1) is 9.56. The van der Waals surface area contributed by atoms with Gasteiger partial charge >= 0.3 is 0 Å². The number of likely N-dealkylation sites (N-methyl/N-ethyl adjacent to an activating group) is 1. The van der Waals surface area contributed by atoms with Crippen molar-refractivity contribution in [3.8, 4) is 0 Å². The Hall–Kier alpha value is -1.84. The maximum Gasteiger partial charge on any atom is 0.253 e. The van der Waals surface area contributed by atoms with Gasteiger partial charge in [-0.15, -0.1) is 0 Å². The lowest BCUT2D eigenvalue weighted by molar-refractivity contribution is -0.117. The molecular formula is C16H20N2O2. The normalized spacial score (nSPS) is 19.4. The van der Waals surface area contributed by atoms with Crippen LogP contribution < -0.4 is 4.90 Å². The van der Waals surface area contributed by atoms with Gasteiger partial charge in [0.25, 0.3) is 5.91 Å². The molecule has 0 aliphatic carbocycles. The highest BCUT2D eigenvalue weighted by atomic mass is 16.2. The van der Waals surface area contributed by atoms with Gasteiger partial charge in [-0.3, -0.25) is 9.59 Å². The second kappa shape index (κ2) is 4.93. The predicted octanol–water partition coefficient (Wildman–Crippen LogP) is 2.08. The lowest BCUT2D eigenvalue weighted by Crippen LogP contribution is -2.37. The molecule has 2 amide bonds. The van der Waals surface area contributed by atoms with Gasteiger partial charge < -0.3 is 9.80 Å². The maximum absolute atomic E-state index is 12.5. The largest absolute Gasteiger partial charge is 0.339 e. The number of hydrogen-bond acceptors (Lipinski definition) is 2. The number of likely N-dealkylation sites (tertiary alicyclic amines) is 1. The highest BCUT2D eigenvalue weighted by Crippen LogP contribution is 2.29. The summed E-state index contributed by atoms with van der Waals surface area (Å²) < 4.78 is 0. The van der Waals surface area contributed by atoms with Crippen LogP contribution in [-0.2, 0) is 11.2 Å². The van der Waals surface area contributed by atoms with Gasteiger partial charge in [-0.25, -0.2) is 0 Å². The summed E-state index contributed by atoms with van der Waals surface area (Å²) in [6, 6.07) is 5.62. The molecule has 3 rings (SSSR count). The molecule has 1 saturated heterocycles. The minimum absolute atomic E-state index is 0.0939. The highest BCUT2D eigenvalue weighted by molar-refractivity contribution is 6.03. The number of carbonyl (C=O) groups is 2. The summed E-state index contributed by atoms with van der Waals surface area (Å²) in [6.45, 7) is 3.92. The molecule has 2 aliphatic rings. The fraction of sp³-hybridized carbons (Fsp3) is 0.500. The van der Waals surface area contributed by atoms with Crippen molar-refractivity contribution in [1.82, 2.24) is 4.90 Å². The van der Waals surface area contributed by atoms with Crippen molar-refractivity contribution in [2.24, 2.45) is 5.92 Å². The number of piperidine rings is 1. The zero-order valence-electron chi connectivity index (χ0n) is 12.1. The fourth-order valence-corrected chi connectivity index (χ4v) is 3.00. The van der Waals surface area contributed by atoms with Crippen LogP contribution in [0, 0.1) is 5.92 Å². The molecule has 0 saturated carbocycles. The molecular weight excluding hydrogens is 252 g/mol. The monoisotopic (exact) mass is 272 g/mol. The first-order valence-electron chi connectivity index (χ1n) is 7.25. The Kier molecular flexibility index (Phi) is 3.24. The third-order valence-electron chi connectivity index (χ3n) is 4.47. The van der Waals surface area contributed by atoms with Crippen LogP contribution in [0.3, 0.4) is 0 Å². The lowest BCUT2D eigenvalue weighted by atomic mass is 9.98. The Morgan fingerprint density at radius 1 is 1.25 bits per heavy atom. The van der Waals surface area contributed by atoms with E-state index in [1.54, 1.807) is 11.9 Å². The van der Waals surface area contributed by atoms with E-state index in [1.165, 1.54) is 0 Å².